The maximum absolute atomic E-state index is 13.8. The molecule has 2 aliphatic heterocycles. The lowest BCUT2D eigenvalue weighted by atomic mass is 9.81. The summed E-state index contributed by atoms with van der Waals surface area (Å²) in [7, 11) is 1.76. The molecule has 1 fully saturated rings. The first-order valence-electron chi connectivity index (χ1n) is 10.4. The first-order chi connectivity index (χ1) is 14.5. The Hall–Kier alpha value is -2.67. The predicted molar refractivity (Wildman–Crippen MR) is 114 cm³/mol. The van der Waals surface area contributed by atoms with Gasteiger partial charge in [0.1, 0.15) is 0 Å². The molecule has 0 bridgehead atoms. The van der Waals surface area contributed by atoms with Gasteiger partial charge in [0.15, 0.2) is 0 Å². The standard InChI is InChI=1S/C23H26N2O4S/c1-3-29-23(28)15-8-6-12-25(14-15)22(27)19-16-9-4-5-10-17(16)21(26)24(2)20(19)18-11-7-13-30-18/h4-5,7,9-11,13,15,19-20H,3,6,8,12,14H2,1-2H3. The Morgan fingerprint density at radius 2 is 2.00 bits per heavy atom. The van der Waals surface area contributed by atoms with E-state index >= 15 is 0 Å². The molecule has 0 aliphatic carbocycles. The Balaban J connectivity index is 1.70. The number of thiophene rings is 1. The molecular formula is C23H26N2O4S. The monoisotopic (exact) mass is 426 g/mol. The molecule has 2 aromatic rings. The Labute approximate surface area is 180 Å². The van der Waals surface area contributed by atoms with E-state index in [2.05, 4.69) is 0 Å². The molecule has 4 rings (SSSR count). The molecule has 3 heterocycles. The topological polar surface area (TPSA) is 66.9 Å². The molecule has 2 amide bonds. The van der Waals surface area contributed by atoms with Gasteiger partial charge in [-0.15, -0.1) is 11.3 Å². The van der Waals surface area contributed by atoms with Crippen molar-refractivity contribution < 1.29 is 19.1 Å². The summed E-state index contributed by atoms with van der Waals surface area (Å²) in [6.45, 7) is 3.11. The first-order valence-corrected chi connectivity index (χ1v) is 11.3. The summed E-state index contributed by atoms with van der Waals surface area (Å²) >= 11 is 1.55. The van der Waals surface area contributed by atoms with Crippen LogP contribution in [0.25, 0.3) is 0 Å². The summed E-state index contributed by atoms with van der Waals surface area (Å²) in [5, 5.41) is 1.97. The zero-order chi connectivity index (χ0) is 21.3. The second-order valence-electron chi connectivity index (χ2n) is 7.82. The lowest BCUT2D eigenvalue weighted by Crippen LogP contribution is -2.49. The number of carbonyl (C=O) groups excluding carboxylic acids is 3. The van der Waals surface area contributed by atoms with Gasteiger partial charge in [-0.1, -0.05) is 24.3 Å². The SMILES string of the molecule is CCOC(=O)C1CCCN(C(=O)C2c3ccccc3C(=O)N(C)C2c2cccs2)C1. The molecule has 1 saturated heterocycles. The van der Waals surface area contributed by atoms with E-state index in [1.165, 1.54) is 0 Å². The Bertz CT molecular complexity index is 942. The van der Waals surface area contributed by atoms with Gasteiger partial charge >= 0.3 is 5.97 Å². The van der Waals surface area contributed by atoms with E-state index < -0.39 is 5.92 Å². The molecule has 2 aliphatic rings. The zero-order valence-corrected chi connectivity index (χ0v) is 18.1. The quantitative estimate of drug-likeness (QED) is 0.703. The number of hydrogen-bond acceptors (Lipinski definition) is 5. The molecule has 0 radical (unpaired) electrons. The van der Waals surface area contributed by atoms with Crippen LogP contribution in [0.5, 0.6) is 0 Å². The highest BCUT2D eigenvalue weighted by molar-refractivity contribution is 7.10. The number of rotatable bonds is 4. The minimum absolute atomic E-state index is 0.0331. The van der Waals surface area contributed by atoms with Crippen LogP contribution in [-0.4, -0.2) is 54.3 Å². The van der Waals surface area contributed by atoms with E-state index in [0.717, 1.165) is 23.3 Å². The molecule has 7 heteroatoms. The largest absolute Gasteiger partial charge is 0.466 e. The van der Waals surface area contributed by atoms with Crippen LogP contribution in [0.15, 0.2) is 41.8 Å². The summed E-state index contributed by atoms with van der Waals surface area (Å²) in [6, 6.07) is 10.9. The van der Waals surface area contributed by atoms with Crippen molar-refractivity contribution in [3.63, 3.8) is 0 Å². The van der Waals surface area contributed by atoms with Crippen LogP contribution in [-0.2, 0) is 14.3 Å². The van der Waals surface area contributed by atoms with Crippen LogP contribution in [0.1, 0.15) is 52.5 Å². The van der Waals surface area contributed by atoms with Crippen LogP contribution < -0.4 is 0 Å². The normalized spacial score (nSPS) is 23.8. The zero-order valence-electron chi connectivity index (χ0n) is 17.2. The fourth-order valence-electron chi connectivity index (χ4n) is 4.58. The molecule has 0 N–H and O–H groups in total. The fourth-order valence-corrected chi connectivity index (χ4v) is 5.49. The first kappa shape index (κ1) is 20.6. The third-order valence-corrected chi connectivity index (χ3v) is 6.98. The number of likely N-dealkylation sites (tertiary alicyclic amines) is 1. The highest BCUT2D eigenvalue weighted by Gasteiger charge is 2.45. The maximum Gasteiger partial charge on any atom is 0.310 e. The average Bonchev–Trinajstić information content (AvgIpc) is 3.30. The third kappa shape index (κ3) is 3.62. The van der Waals surface area contributed by atoms with Crippen LogP contribution in [0.2, 0.25) is 0 Å². The summed E-state index contributed by atoms with van der Waals surface area (Å²) in [4.78, 5) is 43.6. The fraction of sp³-hybridized carbons (Fsp3) is 0.435. The van der Waals surface area contributed by atoms with Gasteiger partial charge < -0.3 is 14.5 Å². The molecule has 6 nitrogen and oxygen atoms in total. The minimum Gasteiger partial charge on any atom is -0.466 e. The van der Waals surface area contributed by atoms with Gasteiger partial charge in [0.05, 0.1) is 24.5 Å². The molecule has 30 heavy (non-hydrogen) atoms. The summed E-state index contributed by atoms with van der Waals surface area (Å²) in [5.41, 5.74) is 1.34. The molecule has 0 saturated carbocycles. The van der Waals surface area contributed by atoms with E-state index in [9.17, 15) is 14.4 Å². The number of hydrogen-bond donors (Lipinski definition) is 0. The number of likely N-dealkylation sites (N-methyl/N-ethyl adjacent to an activating group) is 1. The van der Waals surface area contributed by atoms with Crippen molar-refractivity contribution in [3.8, 4) is 0 Å². The molecule has 1 aromatic carbocycles. The van der Waals surface area contributed by atoms with Gasteiger partial charge in [0.2, 0.25) is 5.91 Å². The summed E-state index contributed by atoms with van der Waals surface area (Å²) in [5.74, 6) is -1.13. The van der Waals surface area contributed by atoms with Gasteiger partial charge in [-0.25, -0.2) is 0 Å². The molecular weight excluding hydrogens is 400 g/mol. The highest BCUT2D eigenvalue weighted by Crippen LogP contribution is 2.44. The molecule has 1 aromatic heterocycles. The van der Waals surface area contributed by atoms with Gasteiger partial charge in [0, 0.05) is 30.6 Å². The van der Waals surface area contributed by atoms with Crippen LogP contribution in [0.4, 0.5) is 0 Å². The van der Waals surface area contributed by atoms with E-state index in [1.807, 2.05) is 35.7 Å². The van der Waals surface area contributed by atoms with Crippen molar-refractivity contribution in [3.05, 3.63) is 57.8 Å². The van der Waals surface area contributed by atoms with E-state index in [0.29, 0.717) is 25.3 Å². The second-order valence-corrected chi connectivity index (χ2v) is 8.80. The number of amides is 2. The maximum atomic E-state index is 13.8. The van der Waals surface area contributed by atoms with Crippen LogP contribution >= 0.6 is 11.3 Å². The summed E-state index contributed by atoms with van der Waals surface area (Å²) in [6.07, 6.45) is 1.50. The van der Waals surface area contributed by atoms with Gasteiger partial charge in [-0.05, 0) is 42.8 Å². The van der Waals surface area contributed by atoms with Gasteiger partial charge in [-0.2, -0.15) is 0 Å². The lowest BCUT2D eigenvalue weighted by molar-refractivity contribution is -0.151. The molecule has 3 unspecified atom stereocenters. The minimum atomic E-state index is -0.497. The lowest BCUT2D eigenvalue weighted by Gasteiger charge is -2.42. The van der Waals surface area contributed by atoms with E-state index in [4.69, 9.17) is 4.74 Å². The smallest absolute Gasteiger partial charge is 0.310 e. The van der Waals surface area contributed by atoms with Crippen molar-refractivity contribution in [2.24, 2.45) is 5.92 Å². The third-order valence-electron chi connectivity index (χ3n) is 6.03. The second kappa shape index (κ2) is 8.60. The van der Waals surface area contributed by atoms with Crippen molar-refractivity contribution in [1.29, 1.82) is 0 Å². The van der Waals surface area contributed by atoms with E-state index in [1.54, 1.807) is 41.2 Å². The Kier molecular flexibility index (Phi) is 5.90. The number of piperidine rings is 1. The number of esters is 1. The van der Waals surface area contributed by atoms with Gasteiger partial charge in [0.25, 0.3) is 5.91 Å². The number of carbonyl (C=O) groups is 3. The Morgan fingerprint density at radius 1 is 1.20 bits per heavy atom. The van der Waals surface area contributed by atoms with Crippen molar-refractivity contribution >= 4 is 29.1 Å². The number of benzene rings is 1. The average molecular weight is 427 g/mol. The molecule has 0 spiro atoms. The highest BCUT2D eigenvalue weighted by atomic mass is 32.1. The summed E-state index contributed by atoms with van der Waals surface area (Å²) < 4.78 is 5.19. The molecule has 3 atom stereocenters. The predicted octanol–water partition coefficient (Wildman–Crippen LogP) is 3.46. The van der Waals surface area contributed by atoms with Gasteiger partial charge in [-0.3, -0.25) is 14.4 Å². The van der Waals surface area contributed by atoms with Crippen molar-refractivity contribution in [2.75, 3.05) is 26.7 Å². The van der Waals surface area contributed by atoms with E-state index in [-0.39, 0.29) is 29.7 Å². The van der Waals surface area contributed by atoms with Crippen LogP contribution in [0, 0.1) is 5.92 Å². The number of ether oxygens (including phenoxy) is 1. The number of fused-ring (bicyclic) bond motifs is 1. The van der Waals surface area contributed by atoms with Crippen molar-refractivity contribution in [1.82, 2.24) is 9.80 Å². The Morgan fingerprint density at radius 3 is 2.73 bits per heavy atom. The van der Waals surface area contributed by atoms with Crippen molar-refractivity contribution in [2.45, 2.75) is 31.7 Å². The molecule has 158 valence electrons. The number of nitrogens with zero attached hydrogens (tertiary/aromatic N) is 2. The van der Waals surface area contributed by atoms with Crippen LogP contribution in [0.3, 0.4) is 0 Å².